The number of carbonyl (C=O) groups is 1. The molecule has 1 aliphatic rings. The lowest BCUT2D eigenvalue weighted by Gasteiger charge is -2.32. The number of benzene rings is 1. The number of rotatable bonds is 7. The zero-order valence-corrected chi connectivity index (χ0v) is 15.6. The Bertz CT molecular complexity index is 721. The van der Waals surface area contributed by atoms with E-state index in [1.54, 1.807) is 6.07 Å². The van der Waals surface area contributed by atoms with Gasteiger partial charge in [0.25, 0.3) is 0 Å². The van der Waals surface area contributed by atoms with Crippen LogP contribution in [-0.4, -0.2) is 17.0 Å². The molecular weight excluding hydrogens is 312 g/mol. The van der Waals surface area contributed by atoms with E-state index in [2.05, 4.69) is 32.9 Å². The molecule has 0 fully saturated rings. The molecular formula is C22H28O3. The second-order valence-corrected chi connectivity index (χ2v) is 7.19. The average molecular weight is 340 g/mol. The molecule has 0 radical (unpaired) electrons. The van der Waals surface area contributed by atoms with Crippen LogP contribution in [0.25, 0.3) is 6.08 Å². The number of hydrogen-bond donors (Lipinski definition) is 1. The largest absolute Gasteiger partial charge is 0.507 e. The molecule has 134 valence electrons. The number of hydrogen-bond acceptors (Lipinski definition) is 3. The highest BCUT2D eigenvalue weighted by atomic mass is 16.5. The summed E-state index contributed by atoms with van der Waals surface area (Å²) in [6, 6.07) is 3.12. The van der Waals surface area contributed by atoms with Gasteiger partial charge in [-0.15, -0.1) is 0 Å². The van der Waals surface area contributed by atoms with Crippen molar-refractivity contribution in [2.45, 2.75) is 59.0 Å². The molecule has 1 aliphatic heterocycles. The summed E-state index contributed by atoms with van der Waals surface area (Å²) in [5.41, 5.74) is 3.31. The predicted molar refractivity (Wildman–Crippen MR) is 103 cm³/mol. The SMILES string of the molecule is CC(C)=CCC/C(C)=C\CCC1(C)C=Cc2c(O)ccc(C=O)c2O1. The van der Waals surface area contributed by atoms with Gasteiger partial charge in [-0.1, -0.05) is 23.3 Å². The van der Waals surface area contributed by atoms with E-state index >= 15 is 0 Å². The maximum atomic E-state index is 11.3. The highest BCUT2D eigenvalue weighted by Crippen LogP contribution is 2.40. The van der Waals surface area contributed by atoms with Gasteiger partial charge >= 0.3 is 0 Å². The standard InChI is InChI=1S/C22H28O3/c1-16(2)7-5-8-17(3)9-6-13-22(4)14-12-19-20(24)11-10-18(15-23)21(19)25-22/h7,9-12,14-15,24H,5-6,8,13H2,1-4H3/b17-9-. The number of allylic oxidation sites excluding steroid dienone is 4. The Morgan fingerprint density at radius 2 is 1.96 bits per heavy atom. The maximum absolute atomic E-state index is 11.3. The van der Waals surface area contributed by atoms with Crippen LogP contribution in [0.15, 0.2) is 41.5 Å². The van der Waals surface area contributed by atoms with Crippen molar-refractivity contribution in [3.8, 4) is 11.5 Å². The lowest BCUT2D eigenvalue weighted by Crippen LogP contribution is -2.32. The smallest absolute Gasteiger partial charge is 0.153 e. The Balaban J connectivity index is 2.02. The van der Waals surface area contributed by atoms with Crippen LogP contribution in [0.5, 0.6) is 11.5 Å². The van der Waals surface area contributed by atoms with Crippen molar-refractivity contribution in [1.82, 2.24) is 0 Å². The van der Waals surface area contributed by atoms with E-state index in [1.807, 2.05) is 19.1 Å². The normalized spacial score (nSPS) is 19.1. The number of carbonyl (C=O) groups excluding carboxylic acids is 1. The highest BCUT2D eigenvalue weighted by Gasteiger charge is 2.29. The van der Waals surface area contributed by atoms with Gasteiger partial charge in [0.2, 0.25) is 0 Å². The third-order valence-electron chi connectivity index (χ3n) is 4.49. The Kier molecular flexibility index (Phi) is 6.24. The van der Waals surface area contributed by atoms with E-state index in [4.69, 9.17) is 4.74 Å². The molecule has 0 bridgehead atoms. The fraction of sp³-hybridized carbons (Fsp3) is 0.409. The second-order valence-electron chi connectivity index (χ2n) is 7.19. The molecule has 1 heterocycles. The summed E-state index contributed by atoms with van der Waals surface area (Å²) in [5.74, 6) is 0.609. The molecule has 3 nitrogen and oxygen atoms in total. The van der Waals surface area contributed by atoms with E-state index < -0.39 is 5.60 Å². The van der Waals surface area contributed by atoms with E-state index in [0.29, 0.717) is 16.9 Å². The van der Waals surface area contributed by atoms with Gasteiger partial charge in [-0.05, 0) is 77.7 Å². The molecule has 0 amide bonds. The zero-order valence-electron chi connectivity index (χ0n) is 15.6. The van der Waals surface area contributed by atoms with Crippen LogP contribution in [0.4, 0.5) is 0 Å². The van der Waals surface area contributed by atoms with E-state index in [0.717, 1.165) is 32.0 Å². The third kappa shape index (κ3) is 5.09. The molecule has 2 rings (SSSR count). The fourth-order valence-corrected chi connectivity index (χ4v) is 2.93. The first-order chi connectivity index (χ1) is 11.8. The van der Waals surface area contributed by atoms with Gasteiger partial charge in [0.15, 0.2) is 6.29 Å². The first-order valence-corrected chi connectivity index (χ1v) is 8.83. The van der Waals surface area contributed by atoms with Gasteiger partial charge in [-0.2, -0.15) is 0 Å². The van der Waals surface area contributed by atoms with Gasteiger partial charge in [0.05, 0.1) is 11.1 Å². The van der Waals surface area contributed by atoms with Crippen LogP contribution in [-0.2, 0) is 0 Å². The number of aromatic hydroxyl groups is 1. The summed E-state index contributed by atoms with van der Waals surface area (Å²) in [4.78, 5) is 11.3. The zero-order chi connectivity index (χ0) is 18.4. The molecule has 1 aromatic carbocycles. The van der Waals surface area contributed by atoms with Gasteiger partial charge < -0.3 is 9.84 Å². The van der Waals surface area contributed by atoms with Gasteiger partial charge in [-0.3, -0.25) is 4.79 Å². The number of phenols is 1. The van der Waals surface area contributed by atoms with E-state index in [1.165, 1.54) is 17.2 Å². The van der Waals surface area contributed by atoms with Gasteiger partial charge in [0, 0.05) is 0 Å². The third-order valence-corrected chi connectivity index (χ3v) is 4.49. The Morgan fingerprint density at radius 1 is 1.20 bits per heavy atom. The topological polar surface area (TPSA) is 46.5 Å². The van der Waals surface area contributed by atoms with Crippen LogP contribution < -0.4 is 4.74 Å². The maximum Gasteiger partial charge on any atom is 0.153 e. The number of phenolic OH excluding ortho intramolecular Hbond substituents is 1. The Hall–Kier alpha value is -2.29. The summed E-state index contributed by atoms with van der Waals surface area (Å²) in [5, 5.41) is 9.96. The molecule has 0 saturated carbocycles. The summed E-state index contributed by atoms with van der Waals surface area (Å²) in [6.45, 7) is 8.42. The highest BCUT2D eigenvalue weighted by molar-refractivity contribution is 5.84. The fourth-order valence-electron chi connectivity index (χ4n) is 2.93. The van der Waals surface area contributed by atoms with Crippen molar-refractivity contribution in [3.63, 3.8) is 0 Å². The molecule has 0 spiro atoms. The molecule has 1 N–H and O–H groups in total. The molecule has 3 heteroatoms. The van der Waals surface area contributed by atoms with E-state index in [-0.39, 0.29) is 5.75 Å². The van der Waals surface area contributed by atoms with Crippen molar-refractivity contribution in [1.29, 1.82) is 0 Å². The first-order valence-electron chi connectivity index (χ1n) is 8.83. The minimum atomic E-state index is -0.477. The van der Waals surface area contributed by atoms with Crippen LogP contribution in [0, 0.1) is 0 Å². The predicted octanol–water partition coefficient (Wildman–Crippen LogP) is 5.84. The second kappa shape index (κ2) is 8.19. The first kappa shape index (κ1) is 19.0. The average Bonchev–Trinajstić information content (AvgIpc) is 2.54. The minimum Gasteiger partial charge on any atom is -0.507 e. The summed E-state index contributed by atoms with van der Waals surface area (Å²) in [6.07, 6.45) is 13.0. The molecule has 0 aromatic heterocycles. The molecule has 0 aliphatic carbocycles. The lowest BCUT2D eigenvalue weighted by molar-refractivity contribution is 0.109. The minimum absolute atomic E-state index is 0.133. The van der Waals surface area contributed by atoms with Gasteiger partial charge in [0.1, 0.15) is 17.1 Å². The van der Waals surface area contributed by atoms with Crippen LogP contribution in [0.2, 0.25) is 0 Å². The van der Waals surface area contributed by atoms with Crippen LogP contribution in [0.3, 0.4) is 0 Å². The Labute approximate surface area is 150 Å². The number of ether oxygens (including phenoxy) is 1. The monoisotopic (exact) mass is 340 g/mol. The van der Waals surface area contributed by atoms with Crippen molar-refractivity contribution < 1.29 is 14.6 Å². The van der Waals surface area contributed by atoms with E-state index in [9.17, 15) is 9.90 Å². The van der Waals surface area contributed by atoms with Crippen molar-refractivity contribution in [2.75, 3.05) is 0 Å². The molecule has 0 saturated heterocycles. The molecule has 25 heavy (non-hydrogen) atoms. The van der Waals surface area contributed by atoms with Crippen molar-refractivity contribution in [3.05, 3.63) is 52.6 Å². The lowest BCUT2D eigenvalue weighted by atomic mass is 9.93. The molecule has 1 atom stereocenters. The van der Waals surface area contributed by atoms with Crippen molar-refractivity contribution in [2.24, 2.45) is 0 Å². The number of aldehydes is 1. The summed E-state index contributed by atoms with van der Waals surface area (Å²) in [7, 11) is 0. The van der Waals surface area contributed by atoms with Gasteiger partial charge in [-0.25, -0.2) is 0 Å². The summed E-state index contributed by atoms with van der Waals surface area (Å²) >= 11 is 0. The summed E-state index contributed by atoms with van der Waals surface area (Å²) < 4.78 is 6.10. The Morgan fingerprint density at radius 3 is 2.64 bits per heavy atom. The quantitative estimate of drug-likeness (QED) is 0.501. The van der Waals surface area contributed by atoms with Crippen LogP contribution in [0.1, 0.15) is 69.3 Å². The van der Waals surface area contributed by atoms with Crippen LogP contribution >= 0.6 is 0 Å². The number of fused-ring (bicyclic) bond motifs is 1. The molecule has 1 aromatic rings. The van der Waals surface area contributed by atoms with Crippen molar-refractivity contribution >= 4 is 12.4 Å². The molecule has 1 unspecified atom stereocenters.